The lowest BCUT2D eigenvalue weighted by Gasteiger charge is -2.05. The Balaban J connectivity index is 1.11. The Morgan fingerprint density at radius 3 is 1.24 bits per heavy atom. The first-order chi connectivity index (χ1) is 22.8. The van der Waals surface area contributed by atoms with Crippen molar-refractivity contribution in [1.82, 2.24) is 29.9 Å². The molecule has 0 fully saturated rings. The molecule has 7 rings (SSSR count). The number of pyridine rings is 6. The van der Waals surface area contributed by atoms with Crippen molar-refractivity contribution in [3.05, 3.63) is 168 Å². The first kappa shape index (κ1) is 28.0. The van der Waals surface area contributed by atoms with Crippen molar-refractivity contribution in [2.24, 2.45) is 0 Å². The van der Waals surface area contributed by atoms with Crippen molar-refractivity contribution >= 4 is 0 Å². The van der Waals surface area contributed by atoms with E-state index < -0.39 is 0 Å². The van der Waals surface area contributed by atoms with Crippen LogP contribution in [0.1, 0.15) is 22.3 Å². The number of aromatic nitrogens is 6. The van der Waals surface area contributed by atoms with E-state index in [1.165, 1.54) is 0 Å². The molecule has 0 amide bonds. The van der Waals surface area contributed by atoms with E-state index in [-0.39, 0.29) is 0 Å². The molecule has 0 radical (unpaired) electrons. The van der Waals surface area contributed by atoms with Crippen molar-refractivity contribution in [2.75, 3.05) is 0 Å². The summed E-state index contributed by atoms with van der Waals surface area (Å²) in [5, 5.41) is 0. The molecule has 6 aromatic heterocycles. The van der Waals surface area contributed by atoms with Gasteiger partial charge in [0.1, 0.15) is 0 Å². The molecule has 0 aliphatic rings. The standard InChI is InChI=1S/C40H24N6/c1-4-22-41-33(8-1)36-11-7-12-37(45-36)38-26-31(21-25-44-38)19-17-29-13-15-30(16-14-29)18-20-32-27-39(34-9-2-5-23-42-34)46-40(28-32)35-10-3-6-24-43-35/h1-16,21-28H. The summed E-state index contributed by atoms with van der Waals surface area (Å²) in [7, 11) is 0. The Hall–Kier alpha value is -6.76. The molecule has 0 bridgehead atoms. The lowest BCUT2D eigenvalue weighted by atomic mass is 10.1. The molecule has 6 heteroatoms. The maximum atomic E-state index is 4.81. The average Bonchev–Trinajstić information content (AvgIpc) is 3.15. The van der Waals surface area contributed by atoms with Crippen molar-refractivity contribution < 1.29 is 0 Å². The second kappa shape index (κ2) is 13.3. The number of benzene rings is 1. The number of hydrogen-bond donors (Lipinski definition) is 0. The molecule has 0 saturated carbocycles. The van der Waals surface area contributed by atoms with E-state index in [9.17, 15) is 0 Å². The molecule has 0 N–H and O–H groups in total. The molecular weight excluding hydrogens is 564 g/mol. The van der Waals surface area contributed by atoms with E-state index >= 15 is 0 Å². The zero-order valence-electron chi connectivity index (χ0n) is 24.5. The van der Waals surface area contributed by atoms with Crippen molar-refractivity contribution in [3.63, 3.8) is 0 Å². The quantitative estimate of drug-likeness (QED) is 0.198. The molecule has 7 aromatic rings. The minimum Gasteiger partial charge on any atom is -0.255 e. The van der Waals surface area contributed by atoms with Crippen LogP contribution in [0.2, 0.25) is 0 Å². The van der Waals surface area contributed by atoms with Gasteiger partial charge >= 0.3 is 0 Å². The highest BCUT2D eigenvalue weighted by Gasteiger charge is 2.08. The van der Waals surface area contributed by atoms with Gasteiger partial charge in [0.25, 0.3) is 0 Å². The molecule has 6 heterocycles. The van der Waals surface area contributed by atoms with Crippen LogP contribution in [0.3, 0.4) is 0 Å². The third-order valence-electron chi connectivity index (χ3n) is 6.97. The zero-order chi connectivity index (χ0) is 31.0. The molecule has 46 heavy (non-hydrogen) atoms. The van der Waals surface area contributed by atoms with Gasteiger partial charge in [0.15, 0.2) is 0 Å². The van der Waals surface area contributed by atoms with Crippen molar-refractivity contribution in [3.8, 4) is 69.2 Å². The molecule has 0 atom stereocenters. The molecule has 0 spiro atoms. The molecule has 0 unspecified atom stereocenters. The van der Waals surface area contributed by atoms with Crippen LogP contribution >= 0.6 is 0 Å². The first-order valence-corrected chi connectivity index (χ1v) is 14.6. The fourth-order valence-electron chi connectivity index (χ4n) is 4.70. The average molecular weight is 589 g/mol. The molecule has 0 aliphatic carbocycles. The summed E-state index contributed by atoms with van der Waals surface area (Å²) in [6.07, 6.45) is 7.03. The summed E-state index contributed by atoms with van der Waals surface area (Å²) in [6, 6.07) is 38.8. The maximum Gasteiger partial charge on any atom is 0.0906 e. The van der Waals surface area contributed by atoms with Crippen molar-refractivity contribution in [2.45, 2.75) is 0 Å². The van der Waals surface area contributed by atoms with Gasteiger partial charge in [-0.25, -0.2) is 9.97 Å². The van der Waals surface area contributed by atoms with Crippen LogP contribution in [0, 0.1) is 23.7 Å². The Labute approximate surface area is 267 Å². The smallest absolute Gasteiger partial charge is 0.0906 e. The lowest BCUT2D eigenvalue weighted by Crippen LogP contribution is -1.93. The van der Waals surface area contributed by atoms with Gasteiger partial charge in [0, 0.05) is 47.0 Å². The van der Waals surface area contributed by atoms with Crippen molar-refractivity contribution in [1.29, 1.82) is 0 Å². The van der Waals surface area contributed by atoms with Crippen LogP contribution in [-0.4, -0.2) is 29.9 Å². The fourth-order valence-corrected chi connectivity index (χ4v) is 4.70. The highest BCUT2D eigenvalue weighted by Crippen LogP contribution is 2.23. The predicted octanol–water partition coefficient (Wildman–Crippen LogP) is 7.52. The van der Waals surface area contributed by atoms with Crippen LogP contribution in [0.25, 0.3) is 45.6 Å². The topological polar surface area (TPSA) is 77.3 Å². The number of nitrogens with zero attached hydrogens (tertiary/aromatic N) is 6. The minimum atomic E-state index is 0.745. The Morgan fingerprint density at radius 2 is 0.696 bits per heavy atom. The van der Waals surface area contributed by atoms with Gasteiger partial charge in [-0.2, -0.15) is 0 Å². The van der Waals surface area contributed by atoms with E-state index in [0.29, 0.717) is 0 Å². The van der Waals surface area contributed by atoms with E-state index in [2.05, 4.69) is 43.6 Å². The van der Waals surface area contributed by atoms with E-state index in [4.69, 9.17) is 9.97 Å². The highest BCUT2D eigenvalue weighted by atomic mass is 14.8. The van der Waals surface area contributed by atoms with Crippen LogP contribution in [0.5, 0.6) is 0 Å². The van der Waals surface area contributed by atoms with Gasteiger partial charge in [-0.1, -0.05) is 47.9 Å². The summed E-state index contributed by atoms with van der Waals surface area (Å²) in [6.45, 7) is 0. The van der Waals surface area contributed by atoms with Crippen LogP contribution < -0.4 is 0 Å². The normalized spacial score (nSPS) is 10.3. The summed E-state index contributed by atoms with van der Waals surface area (Å²) in [4.78, 5) is 27.5. The second-order valence-electron chi connectivity index (χ2n) is 10.2. The van der Waals surface area contributed by atoms with Gasteiger partial charge in [-0.15, -0.1) is 0 Å². The summed E-state index contributed by atoms with van der Waals surface area (Å²) >= 11 is 0. The fraction of sp³-hybridized carbons (Fsp3) is 0. The molecule has 214 valence electrons. The SMILES string of the molecule is C(#Cc1ccnc(-c2cccc(-c3ccccn3)n2)c1)c1ccc(C#Cc2cc(-c3ccccn3)nc(-c3ccccn3)c2)cc1. The second-order valence-corrected chi connectivity index (χ2v) is 10.2. The van der Waals surface area contributed by atoms with E-state index in [1.807, 2.05) is 121 Å². The first-order valence-electron chi connectivity index (χ1n) is 14.6. The third kappa shape index (κ3) is 6.73. The summed E-state index contributed by atoms with van der Waals surface area (Å²) < 4.78 is 0. The van der Waals surface area contributed by atoms with Gasteiger partial charge in [-0.05, 0) is 97.1 Å². The highest BCUT2D eigenvalue weighted by molar-refractivity contribution is 5.66. The molecule has 6 nitrogen and oxygen atoms in total. The number of hydrogen-bond acceptors (Lipinski definition) is 6. The molecule has 1 aromatic carbocycles. The molecule has 0 aliphatic heterocycles. The largest absolute Gasteiger partial charge is 0.255 e. The van der Waals surface area contributed by atoms with E-state index in [0.717, 1.165) is 67.8 Å². The maximum absolute atomic E-state index is 4.81. The monoisotopic (exact) mass is 588 g/mol. The number of rotatable bonds is 4. The van der Waals surface area contributed by atoms with Gasteiger partial charge in [-0.3, -0.25) is 19.9 Å². The Bertz CT molecular complexity index is 2190. The van der Waals surface area contributed by atoms with Gasteiger partial charge < -0.3 is 0 Å². The van der Waals surface area contributed by atoms with Crippen LogP contribution in [0.15, 0.2) is 146 Å². The lowest BCUT2D eigenvalue weighted by molar-refractivity contribution is 1.21. The molecular formula is C40H24N6. The van der Waals surface area contributed by atoms with Gasteiger partial charge in [0.05, 0.1) is 45.6 Å². The summed E-state index contributed by atoms with van der Waals surface area (Å²) in [5.41, 5.74) is 9.63. The van der Waals surface area contributed by atoms with Crippen LogP contribution in [0.4, 0.5) is 0 Å². The van der Waals surface area contributed by atoms with Crippen LogP contribution in [-0.2, 0) is 0 Å². The summed E-state index contributed by atoms with van der Waals surface area (Å²) in [5.74, 6) is 13.1. The van der Waals surface area contributed by atoms with Gasteiger partial charge in [0.2, 0.25) is 0 Å². The third-order valence-corrected chi connectivity index (χ3v) is 6.97. The Kier molecular flexibility index (Phi) is 8.08. The molecule has 0 saturated heterocycles. The Morgan fingerprint density at radius 1 is 0.283 bits per heavy atom. The predicted molar refractivity (Wildman–Crippen MR) is 180 cm³/mol. The minimum absolute atomic E-state index is 0.745. The zero-order valence-corrected chi connectivity index (χ0v) is 24.5. The van der Waals surface area contributed by atoms with E-state index in [1.54, 1.807) is 24.8 Å².